The van der Waals surface area contributed by atoms with E-state index in [0.717, 1.165) is 5.92 Å². The molecule has 2 unspecified atom stereocenters. The van der Waals surface area contributed by atoms with Gasteiger partial charge in [-0.05, 0) is 43.2 Å². The summed E-state index contributed by atoms with van der Waals surface area (Å²) in [5, 5.41) is 0. The Morgan fingerprint density at radius 3 is 2.93 bits per heavy atom. The van der Waals surface area contributed by atoms with Gasteiger partial charge in [0.1, 0.15) is 0 Å². The zero-order valence-electron chi connectivity index (χ0n) is 9.02. The molecule has 3 rings (SSSR count). The molecule has 2 aliphatic carbocycles. The van der Waals surface area contributed by atoms with Crippen LogP contribution in [0.4, 0.5) is 0 Å². The van der Waals surface area contributed by atoms with Crippen molar-refractivity contribution in [1.82, 2.24) is 4.98 Å². The lowest BCUT2D eigenvalue weighted by Gasteiger charge is -2.34. The molecule has 0 aromatic carbocycles. The molecule has 80 valence electrons. The van der Waals surface area contributed by atoms with E-state index in [2.05, 4.69) is 11.1 Å². The predicted molar refractivity (Wildman–Crippen MR) is 60.6 cm³/mol. The summed E-state index contributed by atoms with van der Waals surface area (Å²) in [6, 6.07) is 4.60. The summed E-state index contributed by atoms with van der Waals surface area (Å²) in [6.45, 7) is 0. The van der Waals surface area contributed by atoms with Crippen LogP contribution in [0.2, 0.25) is 0 Å². The Balaban J connectivity index is 1.83. The average molecular weight is 202 g/mol. The van der Waals surface area contributed by atoms with Crippen molar-refractivity contribution < 1.29 is 0 Å². The number of hydrogen-bond donors (Lipinski definition) is 1. The Labute approximate surface area is 90.9 Å². The van der Waals surface area contributed by atoms with E-state index in [1.807, 2.05) is 12.3 Å². The zero-order valence-corrected chi connectivity index (χ0v) is 9.02. The van der Waals surface area contributed by atoms with Crippen LogP contribution in [-0.2, 0) is 6.42 Å². The molecule has 2 heteroatoms. The Hall–Kier alpha value is -0.890. The van der Waals surface area contributed by atoms with Gasteiger partial charge in [0.05, 0.1) is 0 Å². The molecule has 0 radical (unpaired) electrons. The Kier molecular flexibility index (Phi) is 2.24. The van der Waals surface area contributed by atoms with E-state index in [0.29, 0.717) is 12.0 Å². The number of rotatable bonds is 2. The molecule has 0 bridgehead atoms. The van der Waals surface area contributed by atoms with Gasteiger partial charge in [-0.1, -0.05) is 12.5 Å². The van der Waals surface area contributed by atoms with Gasteiger partial charge in [-0.15, -0.1) is 0 Å². The highest BCUT2D eigenvalue weighted by Gasteiger charge is 2.35. The number of hydrogen-bond acceptors (Lipinski definition) is 2. The van der Waals surface area contributed by atoms with Crippen LogP contribution in [0, 0.1) is 5.92 Å². The van der Waals surface area contributed by atoms with Gasteiger partial charge in [0.2, 0.25) is 0 Å². The molecule has 0 spiro atoms. The summed E-state index contributed by atoms with van der Waals surface area (Å²) in [7, 11) is 0. The first-order valence-corrected chi connectivity index (χ1v) is 6.05. The molecule has 1 saturated carbocycles. The highest BCUT2D eigenvalue weighted by atomic mass is 14.8. The maximum Gasteiger partial charge on any atom is 0.0482 e. The number of fused-ring (bicyclic) bond motifs is 1. The van der Waals surface area contributed by atoms with Crippen LogP contribution in [0.5, 0.6) is 0 Å². The summed E-state index contributed by atoms with van der Waals surface area (Å²) in [5.41, 5.74) is 9.08. The number of aryl methyl sites for hydroxylation is 1. The minimum Gasteiger partial charge on any atom is -0.327 e. The molecule has 1 aromatic heterocycles. The summed E-state index contributed by atoms with van der Waals surface area (Å²) in [4.78, 5) is 4.52. The Bertz CT molecular complexity index is 357. The van der Waals surface area contributed by atoms with Gasteiger partial charge in [-0.25, -0.2) is 0 Å². The first-order chi connectivity index (χ1) is 7.36. The van der Waals surface area contributed by atoms with Crippen LogP contribution in [0.25, 0.3) is 0 Å². The lowest BCUT2D eigenvalue weighted by Crippen LogP contribution is -2.39. The quantitative estimate of drug-likeness (QED) is 0.798. The lowest BCUT2D eigenvalue weighted by molar-refractivity contribution is 0.235. The van der Waals surface area contributed by atoms with Crippen molar-refractivity contribution in [2.24, 2.45) is 11.7 Å². The van der Waals surface area contributed by atoms with Crippen molar-refractivity contribution >= 4 is 0 Å². The average Bonchev–Trinajstić information content (AvgIpc) is 2.58. The van der Waals surface area contributed by atoms with Gasteiger partial charge in [0, 0.05) is 23.9 Å². The van der Waals surface area contributed by atoms with Crippen molar-refractivity contribution in [2.45, 2.75) is 44.1 Å². The number of pyridine rings is 1. The monoisotopic (exact) mass is 202 g/mol. The SMILES string of the molecule is NC(C1CCC1)C1CCc2cccnc21. The summed E-state index contributed by atoms with van der Waals surface area (Å²) in [6.07, 6.45) is 8.34. The number of nitrogens with two attached hydrogens (primary N) is 1. The maximum atomic E-state index is 6.36. The van der Waals surface area contributed by atoms with Gasteiger partial charge >= 0.3 is 0 Å². The molecule has 2 nitrogen and oxygen atoms in total. The van der Waals surface area contributed by atoms with Crippen molar-refractivity contribution in [3.05, 3.63) is 29.6 Å². The van der Waals surface area contributed by atoms with Gasteiger partial charge in [0.25, 0.3) is 0 Å². The Morgan fingerprint density at radius 1 is 1.33 bits per heavy atom. The molecule has 2 atom stereocenters. The lowest BCUT2D eigenvalue weighted by atomic mass is 9.74. The molecular weight excluding hydrogens is 184 g/mol. The van der Waals surface area contributed by atoms with Crippen LogP contribution >= 0.6 is 0 Å². The standard InChI is InChI=1S/C13H18N2/c14-12(9-3-1-4-9)11-7-6-10-5-2-8-15-13(10)11/h2,5,8-9,11-12H,1,3-4,6-7,14H2. The topological polar surface area (TPSA) is 38.9 Å². The van der Waals surface area contributed by atoms with Crippen molar-refractivity contribution in [3.63, 3.8) is 0 Å². The smallest absolute Gasteiger partial charge is 0.0482 e. The molecule has 1 fully saturated rings. The van der Waals surface area contributed by atoms with Crippen LogP contribution in [0.1, 0.15) is 42.9 Å². The second kappa shape index (κ2) is 3.60. The largest absolute Gasteiger partial charge is 0.327 e. The molecule has 2 N–H and O–H groups in total. The van der Waals surface area contributed by atoms with Crippen LogP contribution in [0.3, 0.4) is 0 Å². The van der Waals surface area contributed by atoms with Gasteiger partial charge in [0.15, 0.2) is 0 Å². The maximum absolute atomic E-state index is 6.36. The van der Waals surface area contributed by atoms with Gasteiger partial charge in [-0.2, -0.15) is 0 Å². The number of aromatic nitrogens is 1. The minimum absolute atomic E-state index is 0.356. The minimum atomic E-state index is 0.356. The molecule has 1 aromatic rings. The first kappa shape index (κ1) is 9.34. The fraction of sp³-hybridized carbons (Fsp3) is 0.615. The van der Waals surface area contributed by atoms with E-state index >= 15 is 0 Å². The highest BCUT2D eigenvalue weighted by Crippen LogP contribution is 2.40. The van der Waals surface area contributed by atoms with Crippen molar-refractivity contribution in [3.8, 4) is 0 Å². The van der Waals surface area contributed by atoms with E-state index in [1.54, 1.807) is 0 Å². The van der Waals surface area contributed by atoms with Gasteiger partial charge in [-0.3, -0.25) is 4.98 Å². The normalized spacial score (nSPS) is 27.1. The molecule has 0 saturated heterocycles. The van der Waals surface area contributed by atoms with E-state index in [-0.39, 0.29) is 0 Å². The fourth-order valence-electron chi connectivity index (χ4n) is 2.97. The molecule has 0 amide bonds. The van der Waals surface area contributed by atoms with Crippen molar-refractivity contribution in [1.29, 1.82) is 0 Å². The molecular formula is C13H18N2. The molecule has 15 heavy (non-hydrogen) atoms. The van der Waals surface area contributed by atoms with Crippen LogP contribution in [0.15, 0.2) is 18.3 Å². The summed E-state index contributed by atoms with van der Waals surface area (Å²) in [5.74, 6) is 1.30. The molecule has 1 heterocycles. The summed E-state index contributed by atoms with van der Waals surface area (Å²) < 4.78 is 0. The highest BCUT2D eigenvalue weighted by molar-refractivity contribution is 5.30. The van der Waals surface area contributed by atoms with Crippen LogP contribution in [-0.4, -0.2) is 11.0 Å². The summed E-state index contributed by atoms with van der Waals surface area (Å²) >= 11 is 0. The van der Waals surface area contributed by atoms with E-state index < -0.39 is 0 Å². The number of nitrogens with zero attached hydrogens (tertiary/aromatic N) is 1. The van der Waals surface area contributed by atoms with Crippen LogP contribution < -0.4 is 5.73 Å². The van der Waals surface area contributed by atoms with E-state index in [4.69, 9.17) is 5.73 Å². The van der Waals surface area contributed by atoms with E-state index in [1.165, 1.54) is 43.4 Å². The zero-order chi connectivity index (χ0) is 10.3. The fourth-order valence-corrected chi connectivity index (χ4v) is 2.97. The van der Waals surface area contributed by atoms with Crippen molar-refractivity contribution in [2.75, 3.05) is 0 Å². The molecule has 2 aliphatic rings. The second-order valence-electron chi connectivity index (χ2n) is 4.96. The third kappa shape index (κ3) is 1.48. The predicted octanol–water partition coefficient (Wildman–Crippen LogP) is 2.24. The second-order valence-corrected chi connectivity index (χ2v) is 4.96. The Morgan fingerprint density at radius 2 is 2.20 bits per heavy atom. The first-order valence-electron chi connectivity index (χ1n) is 6.05. The van der Waals surface area contributed by atoms with E-state index in [9.17, 15) is 0 Å². The van der Waals surface area contributed by atoms with Gasteiger partial charge < -0.3 is 5.73 Å². The third-order valence-electron chi connectivity index (χ3n) is 4.16. The third-order valence-corrected chi connectivity index (χ3v) is 4.16. The molecule has 0 aliphatic heterocycles.